The number of hydrogen-bond donors (Lipinski definition) is 1. The van der Waals surface area contributed by atoms with Crippen LogP contribution < -0.4 is 10.7 Å². The van der Waals surface area contributed by atoms with Crippen LogP contribution in [0.25, 0.3) is 11.0 Å². The molecule has 4 rings (SSSR count). The summed E-state index contributed by atoms with van der Waals surface area (Å²) < 4.78 is 1.54. The molecule has 2 aromatic carbocycles. The van der Waals surface area contributed by atoms with Gasteiger partial charge < -0.3 is 9.88 Å². The molecule has 0 atom stereocenters. The fourth-order valence-corrected chi connectivity index (χ4v) is 3.92. The van der Waals surface area contributed by atoms with Gasteiger partial charge in [-0.1, -0.05) is 49.7 Å². The maximum absolute atomic E-state index is 13.2. The summed E-state index contributed by atoms with van der Waals surface area (Å²) in [5.74, 6) is -0.373. The molecule has 0 aliphatic rings. The van der Waals surface area contributed by atoms with Crippen molar-refractivity contribution in [2.75, 3.05) is 5.32 Å². The second-order valence-corrected chi connectivity index (χ2v) is 8.92. The Labute approximate surface area is 202 Å². The second kappa shape index (κ2) is 9.61. The van der Waals surface area contributed by atoms with Gasteiger partial charge in [-0.3, -0.25) is 14.4 Å². The average molecular weight is 474 g/mol. The number of carbonyl (C=O) groups excluding carboxylic acids is 2. The highest BCUT2D eigenvalue weighted by Crippen LogP contribution is 2.19. The van der Waals surface area contributed by atoms with Crippen LogP contribution in [-0.2, 0) is 11.3 Å². The number of aromatic nitrogens is 2. The molecule has 0 fully saturated rings. The summed E-state index contributed by atoms with van der Waals surface area (Å²) in [5, 5.41) is 3.54. The molecule has 0 unspecified atom stereocenters. The van der Waals surface area contributed by atoms with Crippen molar-refractivity contribution < 1.29 is 9.59 Å². The lowest BCUT2D eigenvalue weighted by Crippen LogP contribution is -2.25. The summed E-state index contributed by atoms with van der Waals surface area (Å²) >= 11 is 6.03. The van der Waals surface area contributed by atoms with Crippen molar-refractivity contribution in [3.63, 3.8) is 0 Å². The van der Waals surface area contributed by atoms with E-state index in [0.717, 1.165) is 0 Å². The molecule has 6 nitrogen and oxygen atoms in total. The number of benzene rings is 2. The van der Waals surface area contributed by atoms with Crippen molar-refractivity contribution in [2.24, 2.45) is 0 Å². The van der Waals surface area contributed by atoms with Crippen molar-refractivity contribution in [3.05, 3.63) is 104 Å². The number of halogens is 1. The van der Waals surface area contributed by atoms with E-state index in [1.807, 2.05) is 24.3 Å². The zero-order chi connectivity index (χ0) is 24.4. The number of aryl methyl sites for hydroxylation is 1. The highest BCUT2D eigenvalue weighted by molar-refractivity contribution is 6.31. The van der Waals surface area contributed by atoms with Crippen molar-refractivity contribution in [1.29, 1.82) is 0 Å². The summed E-state index contributed by atoms with van der Waals surface area (Å²) in [4.78, 5) is 43.6. The molecule has 0 radical (unpaired) electrons. The van der Waals surface area contributed by atoms with Crippen molar-refractivity contribution in [3.8, 4) is 0 Å². The van der Waals surface area contributed by atoms with E-state index in [1.54, 1.807) is 41.8 Å². The third-order valence-corrected chi connectivity index (χ3v) is 5.80. The van der Waals surface area contributed by atoms with Gasteiger partial charge >= 0.3 is 0 Å². The number of nitrogens with one attached hydrogen (secondary N) is 1. The lowest BCUT2D eigenvalue weighted by molar-refractivity contribution is -0.116. The van der Waals surface area contributed by atoms with Gasteiger partial charge in [0.1, 0.15) is 12.2 Å². The van der Waals surface area contributed by atoms with Crippen LogP contribution in [0.3, 0.4) is 0 Å². The van der Waals surface area contributed by atoms with E-state index in [1.165, 1.54) is 17.8 Å². The van der Waals surface area contributed by atoms with Crippen molar-refractivity contribution >= 4 is 40.0 Å². The first-order chi connectivity index (χ1) is 16.2. The lowest BCUT2D eigenvalue weighted by Gasteiger charge is -2.14. The number of carbonyl (C=O) groups is 2. The minimum Gasteiger partial charge on any atom is -0.325 e. The number of rotatable bonds is 6. The number of anilines is 1. The predicted octanol–water partition coefficient (Wildman–Crippen LogP) is 5.35. The number of amides is 1. The molecule has 2 heterocycles. The molecular formula is C27H24ClN3O3. The zero-order valence-electron chi connectivity index (χ0n) is 19.1. The average Bonchev–Trinajstić information content (AvgIpc) is 2.80. The Morgan fingerprint density at radius 2 is 1.79 bits per heavy atom. The molecule has 34 heavy (non-hydrogen) atoms. The first-order valence-corrected chi connectivity index (χ1v) is 11.3. The van der Waals surface area contributed by atoms with Crippen LogP contribution >= 0.6 is 11.6 Å². The van der Waals surface area contributed by atoms with E-state index in [-0.39, 0.29) is 23.4 Å². The molecular weight excluding hydrogens is 450 g/mol. The number of pyridine rings is 2. The molecule has 0 aliphatic carbocycles. The van der Waals surface area contributed by atoms with Gasteiger partial charge in [-0.05, 0) is 54.8 Å². The Bertz CT molecular complexity index is 1460. The molecule has 7 heteroatoms. The van der Waals surface area contributed by atoms with Crippen LogP contribution in [-0.4, -0.2) is 21.2 Å². The van der Waals surface area contributed by atoms with E-state index in [9.17, 15) is 14.4 Å². The maximum atomic E-state index is 13.2. The van der Waals surface area contributed by atoms with Gasteiger partial charge in [0.15, 0.2) is 5.78 Å². The van der Waals surface area contributed by atoms with Gasteiger partial charge in [0.25, 0.3) is 0 Å². The van der Waals surface area contributed by atoms with Gasteiger partial charge in [0, 0.05) is 28.2 Å². The fraction of sp³-hybridized carbons (Fsp3) is 0.185. The van der Waals surface area contributed by atoms with Gasteiger partial charge in [0.05, 0.1) is 10.9 Å². The topological polar surface area (TPSA) is 81.1 Å². The molecule has 0 spiro atoms. The maximum Gasteiger partial charge on any atom is 0.244 e. The van der Waals surface area contributed by atoms with Crippen LogP contribution in [0.1, 0.15) is 46.9 Å². The quantitative estimate of drug-likeness (QED) is 0.383. The molecule has 0 bridgehead atoms. The van der Waals surface area contributed by atoms with Gasteiger partial charge in [-0.25, -0.2) is 4.98 Å². The Hall–Kier alpha value is -3.77. The zero-order valence-corrected chi connectivity index (χ0v) is 19.9. The van der Waals surface area contributed by atoms with Gasteiger partial charge in [-0.15, -0.1) is 0 Å². The van der Waals surface area contributed by atoms with Crippen LogP contribution in [0.15, 0.2) is 71.7 Å². The number of ketones is 1. The van der Waals surface area contributed by atoms with Crippen LogP contribution in [0, 0.1) is 6.92 Å². The molecule has 172 valence electrons. The largest absolute Gasteiger partial charge is 0.325 e. The number of hydrogen-bond acceptors (Lipinski definition) is 4. The molecule has 0 aliphatic heterocycles. The SMILES string of the molecule is Cc1ccc2c(=O)c(C(=O)c3cccc(Cl)c3)cn(CC(=O)Nc3ccc(C(C)C)cc3)c2n1. The van der Waals surface area contributed by atoms with Crippen molar-refractivity contribution in [2.45, 2.75) is 33.2 Å². The predicted molar refractivity (Wildman–Crippen MR) is 135 cm³/mol. The third-order valence-electron chi connectivity index (χ3n) is 5.57. The van der Waals surface area contributed by atoms with Crippen LogP contribution in [0.5, 0.6) is 0 Å². The van der Waals surface area contributed by atoms with Crippen LogP contribution in [0.4, 0.5) is 5.69 Å². The van der Waals surface area contributed by atoms with E-state index in [0.29, 0.717) is 33.5 Å². The Morgan fingerprint density at radius 1 is 1.06 bits per heavy atom. The summed E-state index contributed by atoms with van der Waals surface area (Å²) in [7, 11) is 0. The molecule has 1 N–H and O–H groups in total. The number of nitrogens with zero attached hydrogens (tertiary/aromatic N) is 2. The monoisotopic (exact) mass is 473 g/mol. The number of fused-ring (bicyclic) bond motifs is 1. The molecule has 0 saturated heterocycles. The van der Waals surface area contributed by atoms with E-state index >= 15 is 0 Å². The summed E-state index contributed by atoms with van der Waals surface area (Å²) in [6.45, 7) is 5.89. The Kier molecular flexibility index (Phi) is 6.61. The van der Waals surface area contributed by atoms with E-state index < -0.39 is 11.2 Å². The smallest absolute Gasteiger partial charge is 0.244 e. The fourth-order valence-electron chi connectivity index (χ4n) is 3.73. The highest BCUT2D eigenvalue weighted by Gasteiger charge is 2.19. The van der Waals surface area contributed by atoms with E-state index in [4.69, 9.17) is 11.6 Å². The molecule has 2 aromatic heterocycles. The summed E-state index contributed by atoms with van der Waals surface area (Å²) in [5.41, 5.74) is 2.69. The standard InChI is InChI=1S/C27H24ClN3O3/c1-16(2)18-8-10-21(11-9-18)30-24(32)15-31-14-23(25(33)19-5-4-6-20(28)13-19)26(34)22-12-7-17(3)29-27(22)31/h4-14,16H,15H2,1-3H3,(H,30,32). The summed E-state index contributed by atoms with van der Waals surface area (Å²) in [6, 6.07) is 17.4. The summed E-state index contributed by atoms with van der Waals surface area (Å²) in [6.07, 6.45) is 1.40. The van der Waals surface area contributed by atoms with Crippen molar-refractivity contribution in [1.82, 2.24) is 9.55 Å². The van der Waals surface area contributed by atoms with Gasteiger partial charge in [-0.2, -0.15) is 0 Å². The Balaban J connectivity index is 1.71. The van der Waals surface area contributed by atoms with Gasteiger partial charge in [0.2, 0.25) is 11.3 Å². The lowest BCUT2D eigenvalue weighted by atomic mass is 10.0. The molecule has 1 amide bonds. The first-order valence-electron chi connectivity index (χ1n) is 10.9. The first kappa shape index (κ1) is 23.4. The highest BCUT2D eigenvalue weighted by atomic mass is 35.5. The minimum absolute atomic E-state index is 0.0468. The van der Waals surface area contributed by atoms with E-state index in [2.05, 4.69) is 24.1 Å². The van der Waals surface area contributed by atoms with Crippen LogP contribution in [0.2, 0.25) is 5.02 Å². The normalized spacial score (nSPS) is 11.1. The minimum atomic E-state index is -0.464. The molecule has 0 saturated carbocycles. The molecule has 4 aromatic rings. The second-order valence-electron chi connectivity index (χ2n) is 8.49. The third kappa shape index (κ3) is 4.92. The Morgan fingerprint density at radius 3 is 2.47 bits per heavy atom.